The largest absolute Gasteiger partial charge is 0.338 e. The van der Waals surface area contributed by atoms with Gasteiger partial charge in [-0.3, -0.25) is 10.1 Å². The van der Waals surface area contributed by atoms with E-state index >= 15 is 0 Å². The standard InChI is InChI=1S/C17H14Cl2N4O2S/c1-2-20-16(25)23-17-22-12-7-6-9(8-13(12)26-17)21-15(24)14-10(18)4-3-5-11(14)19/h3-8H,2H2,1H3,(H,21,24)(H2,20,22,23,25). The van der Waals surface area contributed by atoms with Crippen molar-refractivity contribution in [2.45, 2.75) is 6.92 Å². The third-order valence-electron chi connectivity index (χ3n) is 3.39. The number of urea groups is 1. The average Bonchev–Trinajstić information content (AvgIpc) is 2.96. The van der Waals surface area contributed by atoms with Crippen molar-refractivity contribution in [3.8, 4) is 0 Å². The lowest BCUT2D eigenvalue weighted by Gasteiger charge is -2.08. The molecule has 3 aromatic rings. The molecule has 9 heteroatoms. The number of carbonyl (C=O) groups is 2. The van der Waals surface area contributed by atoms with Crippen molar-refractivity contribution in [2.24, 2.45) is 0 Å². The minimum atomic E-state index is -0.398. The molecule has 2 aromatic carbocycles. The van der Waals surface area contributed by atoms with Gasteiger partial charge in [0.15, 0.2) is 5.13 Å². The van der Waals surface area contributed by atoms with E-state index in [4.69, 9.17) is 23.2 Å². The predicted molar refractivity (Wildman–Crippen MR) is 107 cm³/mol. The highest BCUT2D eigenvalue weighted by atomic mass is 35.5. The third kappa shape index (κ3) is 4.07. The normalized spacial score (nSPS) is 10.6. The molecule has 134 valence electrons. The second-order valence-corrected chi connectivity index (χ2v) is 7.08. The Morgan fingerprint density at radius 3 is 2.54 bits per heavy atom. The van der Waals surface area contributed by atoms with E-state index in [-0.39, 0.29) is 21.6 Å². The van der Waals surface area contributed by atoms with Gasteiger partial charge < -0.3 is 10.6 Å². The van der Waals surface area contributed by atoms with Gasteiger partial charge in [0, 0.05) is 12.2 Å². The van der Waals surface area contributed by atoms with Crippen LogP contribution in [0.4, 0.5) is 15.6 Å². The summed E-state index contributed by atoms with van der Waals surface area (Å²) in [6.07, 6.45) is 0. The fraction of sp³-hybridized carbons (Fsp3) is 0.118. The first-order valence-corrected chi connectivity index (χ1v) is 9.26. The van der Waals surface area contributed by atoms with E-state index in [0.29, 0.717) is 17.4 Å². The number of rotatable bonds is 4. The Labute approximate surface area is 163 Å². The lowest BCUT2D eigenvalue weighted by Crippen LogP contribution is -2.28. The first kappa shape index (κ1) is 18.4. The van der Waals surface area contributed by atoms with E-state index in [1.54, 1.807) is 36.4 Å². The molecule has 1 heterocycles. The summed E-state index contributed by atoms with van der Waals surface area (Å²) in [5, 5.41) is 9.12. The zero-order valence-corrected chi connectivity index (χ0v) is 15.9. The molecule has 0 spiro atoms. The number of hydrogen-bond donors (Lipinski definition) is 3. The van der Waals surface area contributed by atoms with Crippen LogP contribution in [0.2, 0.25) is 10.0 Å². The zero-order chi connectivity index (χ0) is 18.7. The quantitative estimate of drug-likeness (QED) is 0.567. The Morgan fingerprint density at radius 1 is 1.12 bits per heavy atom. The minimum absolute atomic E-state index is 0.221. The Morgan fingerprint density at radius 2 is 1.85 bits per heavy atom. The number of benzene rings is 2. The van der Waals surface area contributed by atoms with Gasteiger partial charge in [0.1, 0.15) is 0 Å². The van der Waals surface area contributed by atoms with E-state index in [2.05, 4.69) is 20.9 Å². The molecule has 0 aliphatic carbocycles. The molecule has 0 fully saturated rings. The van der Waals surface area contributed by atoms with Gasteiger partial charge in [-0.25, -0.2) is 9.78 Å². The molecule has 3 amide bonds. The second kappa shape index (κ2) is 7.90. The zero-order valence-electron chi connectivity index (χ0n) is 13.6. The highest BCUT2D eigenvalue weighted by Crippen LogP contribution is 2.30. The topological polar surface area (TPSA) is 83.1 Å². The van der Waals surface area contributed by atoms with Gasteiger partial charge in [-0.1, -0.05) is 40.6 Å². The maximum atomic E-state index is 12.5. The number of fused-ring (bicyclic) bond motifs is 1. The minimum Gasteiger partial charge on any atom is -0.338 e. The van der Waals surface area contributed by atoms with Crippen LogP contribution in [0, 0.1) is 0 Å². The summed E-state index contributed by atoms with van der Waals surface area (Å²) in [6, 6.07) is 9.84. The van der Waals surface area contributed by atoms with Crippen LogP contribution < -0.4 is 16.0 Å². The SMILES string of the molecule is CCNC(=O)Nc1nc2ccc(NC(=O)c3c(Cl)cccc3Cl)cc2s1. The monoisotopic (exact) mass is 408 g/mol. The van der Waals surface area contributed by atoms with Gasteiger partial charge in [0.05, 0.1) is 25.8 Å². The summed E-state index contributed by atoms with van der Waals surface area (Å²) in [5.41, 5.74) is 1.51. The Kier molecular flexibility index (Phi) is 5.61. The third-order valence-corrected chi connectivity index (χ3v) is 4.96. The molecule has 26 heavy (non-hydrogen) atoms. The van der Waals surface area contributed by atoms with E-state index in [1.165, 1.54) is 11.3 Å². The Bertz CT molecular complexity index is 970. The van der Waals surface area contributed by atoms with Crippen LogP contribution in [0.1, 0.15) is 17.3 Å². The number of amides is 3. The van der Waals surface area contributed by atoms with Crippen molar-refractivity contribution in [3.05, 3.63) is 52.0 Å². The van der Waals surface area contributed by atoms with E-state index < -0.39 is 5.91 Å². The molecule has 0 radical (unpaired) electrons. The van der Waals surface area contributed by atoms with E-state index in [0.717, 1.165) is 10.2 Å². The Balaban J connectivity index is 1.81. The van der Waals surface area contributed by atoms with Crippen molar-refractivity contribution in [3.63, 3.8) is 0 Å². The van der Waals surface area contributed by atoms with Crippen LogP contribution in [0.5, 0.6) is 0 Å². The number of aromatic nitrogens is 1. The number of nitrogens with one attached hydrogen (secondary N) is 3. The summed E-state index contributed by atoms with van der Waals surface area (Å²) in [7, 11) is 0. The van der Waals surface area contributed by atoms with Crippen molar-refractivity contribution < 1.29 is 9.59 Å². The molecule has 6 nitrogen and oxygen atoms in total. The number of nitrogens with zero attached hydrogens (tertiary/aromatic N) is 1. The molecule has 0 bridgehead atoms. The summed E-state index contributed by atoms with van der Waals surface area (Å²) in [6.45, 7) is 2.36. The van der Waals surface area contributed by atoms with Crippen molar-refractivity contribution in [2.75, 3.05) is 17.2 Å². The van der Waals surface area contributed by atoms with Gasteiger partial charge in [-0.05, 0) is 37.3 Å². The maximum absolute atomic E-state index is 12.5. The van der Waals surface area contributed by atoms with Gasteiger partial charge >= 0.3 is 6.03 Å². The number of hydrogen-bond acceptors (Lipinski definition) is 4. The van der Waals surface area contributed by atoms with Crippen molar-refractivity contribution in [1.29, 1.82) is 0 Å². The molecule has 0 aliphatic rings. The first-order chi connectivity index (χ1) is 12.5. The first-order valence-electron chi connectivity index (χ1n) is 7.68. The average molecular weight is 409 g/mol. The fourth-order valence-corrected chi connectivity index (χ4v) is 3.74. The second-order valence-electron chi connectivity index (χ2n) is 5.24. The van der Waals surface area contributed by atoms with Gasteiger partial charge in [-0.2, -0.15) is 0 Å². The van der Waals surface area contributed by atoms with Crippen molar-refractivity contribution in [1.82, 2.24) is 10.3 Å². The molecule has 0 atom stereocenters. The molecule has 0 saturated heterocycles. The van der Waals surface area contributed by atoms with Crippen LogP contribution in [-0.2, 0) is 0 Å². The summed E-state index contributed by atoms with van der Waals surface area (Å²) < 4.78 is 0.819. The smallest absolute Gasteiger partial charge is 0.321 e. The van der Waals surface area contributed by atoms with E-state index in [1.807, 2.05) is 6.92 Å². The van der Waals surface area contributed by atoms with E-state index in [9.17, 15) is 9.59 Å². The highest BCUT2D eigenvalue weighted by molar-refractivity contribution is 7.22. The maximum Gasteiger partial charge on any atom is 0.321 e. The lowest BCUT2D eigenvalue weighted by molar-refractivity contribution is 0.102. The molecule has 3 N–H and O–H groups in total. The van der Waals surface area contributed by atoms with Crippen LogP contribution in [0.25, 0.3) is 10.2 Å². The van der Waals surface area contributed by atoms with Gasteiger partial charge in [0.2, 0.25) is 0 Å². The molecular formula is C17H14Cl2N4O2S. The summed E-state index contributed by atoms with van der Waals surface area (Å²) >= 11 is 13.4. The molecule has 3 rings (SSSR count). The molecule has 0 unspecified atom stereocenters. The lowest BCUT2D eigenvalue weighted by atomic mass is 10.2. The molecule has 0 aliphatic heterocycles. The summed E-state index contributed by atoms with van der Waals surface area (Å²) in [4.78, 5) is 28.4. The van der Waals surface area contributed by atoms with Crippen molar-refractivity contribution >= 4 is 67.5 Å². The fourth-order valence-electron chi connectivity index (χ4n) is 2.27. The van der Waals surface area contributed by atoms with Crippen LogP contribution in [-0.4, -0.2) is 23.5 Å². The molecule has 0 saturated carbocycles. The molecule has 1 aromatic heterocycles. The number of thiazole rings is 1. The Hall–Kier alpha value is -2.35. The number of halogens is 2. The van der Waals surface area contributed by atoms with Gasteiger partial charge in [0.25, 0.3) is 5.91 Å². The van der Waals surface area contributed by atoms with Crippen LogP contribution in [0.3, 0.4) is 0 Å². The highest BCUT2D eigenvalue weighted by Gasteiger charge is 2.15. The van der Waals surface area contributed by atoms with Crippen LogP contribution >= 0.6 is 34.5 Å². The molecular weight excluding hydrogens is 395 g/mol. The van der Waals surface area contributed by atoms with Gasteiger partial charge in [-0.15, -0.1) is 0 Å². The number of carbonyl (C=O) groups excluding carboxylic acids is 2. The van der Waals surface area contributed by atoms with Crippen LogP contribution in [0.15, 0.2) is 36.4 Å². The predicted octanol–water partition coefficient (Wildman–Crippen LogP) is 5.00. The summed E-state index contributed by atoms with van der Waals surface area (Å²) in [5.74, 6) is -0.398. The number of anilines is 2.